The normalized spacial score (nSPS) is 11.9. The highest BCUT2D eigenvalue weighted by Gasteiger charge is 2.12. The Balaban J connectivity index is 1.77. The Hall–Kier alpha value is -2.78. The lowest BCUT2D eigenvalue weighted by Crippen LogP contribution is -2.09. The minimum Gasteiger partial charge on any atom is -0.507 e. The molecule has 0 fully saturated rings. The maximum Gasteiger partial charge on any atom is 0.123 e. The van der Waals surface area contributed by atoms with Gasteiger partial charge in [-0.1, -0.05) is 54.6 Å². The van der Waals surface area contributed by atoms with Crippen molar-refractivity contribution < 1.29 is 14.9 Å². The molecule has 3 aromatic rings. The van der Waals surface area contributed by atoms with Gasteiger partial charge in [0.1, 0.15) is 24.2 Å². The SMILES string of the molecule is Oc1ccc(C(O)COc2ccccc2)cc1-c1ccccc1. The highest BCUT2D eigenvalue weighted by molar-refractivity contribution is 5.70. The summed E-state index contributed by atoms with van der Waals surface area (Å²) in [5.74, 6) is 0.907. The zero-order valence-electron chi connectivity index (χ0n) is 12.6. The number of hydrogen-bond acceptors (Lipinski definition) is 3. The first-order chi connectivity index (χ1) is 11.2. The van der Waals surface area contributed by atoms with Gasteiger partial charge in [-0.15, -0.1) is 0 Å². The van der Waals surface area contributed by atoms with Gasteiger partial charge in [0.25, 0.3) is 0 Å². The van der Waals surface area contributed by atoms with Crippen LogP contribution in [0, 0.1) is 0 Å². The van der Waals surface area contributed by atoms with Crippen LogP contribution in [-0.2, 0) is 0 Å². The molecular formula is C20H18O3. The number of aliphatic hydroxyl groups is 1. The largest absolute Gasteiger partial charge is 0.507 e. The number of rotatable bonds is 5. The summed E-state index contributed by atoms with van der Waals surface area (Å²) in [6, 6.07) is 24.1. The molecule has 0 radical (unpaired) electrons. The van der Waals surface area contributed by atoms with Crippen LogP contribution in [0.4, 0.5) is 0 Å². The number of benzene rings is 3. The fourth-order valence-electron chi connectivity index (χ4n) is 2.40. The van der Waals surface area contributed by atoms with Crippen molar-refractivity contribution in [3.63, 3.8) is 0 Å². The van der Waals surface area contributed by atoms with Crippen molar-refractivity contribution in [3.05, 3.63) is 84.4 Å². The number of hydrogen-bond donors (Lipinski definition) is 2. The quantitative estimate of drug-likeness (QED) is 0.743. The van der Waals surface area contributed by atoms with Gasteiger partial charge in [0, 0.05) is 5.56 Å². The minimum absolute atomic E-state index is 0.156. The van der Waals surface area contributed by atoms with Crippen LogP contribution < -0.4 is 4.74 Å². The van der Waals surface area contributed by atoms with Crippen molar-refractivity contribution in [2.45, 2.75) is 6.10 Å². The van der Waals surface area contributed by atoms with Crippen LogP contribution in [0.5, 0.6) is 11.5 Å². The van der Waals surface area contributed by atoms with Gasteiger partial charge in [0.2, 0.25) is 0 Å². The molecule has 0 aliphatic rings. The first kappa shape index (κ1) is 15.1. The lowest BCUT2D eigenvalue weighted by atomic mass is 10.00. The van der Waals surface area contributed by atoms with Crippen molar-refractivity contribution in [2.24, 2.45) is 0 Å². The molecule has 116 valence electrons. The smallest absolute Gasteiger partial charge is 0.123 e. The van der Waals surface area contributed by atoms with E-state index >= 15 is 0 Å². The van der Waals surface area contributed by atoms with E-state index < -0.39 is 6.10 Å². The summed E-state index contributed by atoms with van der Waals surface area (Å²) in [5.41, 5.74) is 2.31. The molecule has 0 saturated carbocycles. The first-order valence-corrected chi connectivity index (χ1v) is 7.48. The van der Waals surface area contributed by atoms with Gasteiger partial charge in [-0.25, -0.2) is 0 Å². The lowest BCUT2D eigenvalue weighted by molar-refractivity contribution is 0.108. The molecule has 3 rings (SSSR count). The van der Waals surface area contributed by atoms with Crippen LogP contribution in [0.15, 0.2) is 78.9 Å². The molecular weight excluding hydrogens is 288 g/mol. The summed E-state index contributed by atoms with van der Waals surface area (Å²) >= 11 is 0. The number of phenols is 1. The molecule has 3 heteroatoms. The molecule has 0 spiro atoms. The lowest BCUT2D eigenvalue weighted by Gasteiger charge is -2.14. The fraction of sp³-hybridized carbons (Fsp3) is 0.100. The van der Waals surface area contributed by atoms with E-state index in [2.05, 4.69) is 0 Å². The third kappa shape index (κ3) is 3.71. The number of aromatic hydroxyl groups is 1. The van der Waals surface area contributed by atoms with Crippen LogP contribution >= 0.6 is 0 Å². The van der Waals surface area contributed by atoms with Crippen molar-refractivity contribution in [2.75, 3.05) is 6.61 Å². The van der Waals surface area contributed by atoms with E-state index in [1.54, 1.807) is 18.2 Å². The number of para-hydroxylation sites is 1. The van der Waals surface area contributed by atoms with Crippen molar-refractivity contribution in [1.29, 1.82) is 0 Å². The molecule has 0 aliphatic heterocycles. The predicted octanol–water partition coefficient (Wildman–Crippen LogP) is 4.17. The Morgan fingerprint density at radius 3 is 2.17 bits per heavy atom. The molecule has 23 heavy (non-hydrogen) atoms. The van der Waals surface area contributed by atoms with Gasteiger partial charge < -0.3 is 14.9 Å². The standard InChI is InChI=1S/C20H18O3/c21-19-12-11-16(13-18(19)15-7-3-1-4-8-15)20(22)14-23-17-9-5-2-6-10-17/h1-13,20-22H,14H2. The molecule has 3 nitrogen and oxygen atoms in total. The first-order valence-electron chi connectivity index (χ1n) is 7.48. The topological polar surface area (TPSA) is 49.7 Å². The second-order valence-electron chi connectivity index (χ2n) is 5.28. The Labute approximate surface area is 135 Å². The van der Waals surface area contributed by atoms with Crippen LogP contribution in [0.3, 0.4) is 0 Å². The highest BCUT2D eigenvalue weighted by Crippen LogP contribution is 2.31. The van der Waals surface area contributed by atoms with Crippen molar-refractivity contribution in [1.82, 2.24) is 0 Å². The van der Waals surface area contributed by atoms with Crippen LogP contribution in [0.25, 0.3) is 11.1 Å². The predicted molar refractivity (Wildman–Crippen MR) is 90.4 cm³/mol. The number of phenolic OH excluding ortho intramolecular Hbond substituents is 1. The molecule has 3 aromatic carbocycles. The minimum atomic E-state index is -0.765. The van der Waals surface area contributed by atoms with Crippen LogP contribution in [0.1, 0.15) is 11.7 Å². The van der Waals surface area contributed by atoms with E-state index in [1.807, 2.05) is 60.7 Å². The molecule has 2 N–H and O–H groups in total. The summed E-state index contributed by atoms with van der Waals surface area (Å²) in [6.07, 6.45) is -0.765. The summed E-state index contributed by atoms with van der Waals surface area (Å²) < 4.78 is 5.59. The second kappa shape index (κ2) is 6.99. The maximum atomic E-state index is 10.3. The highest BCUT2D eigenvalue weighted by atomic mass is 16.5. The average molecular weight is 306 g/mol. The molecule has 0 bridgehead atoms. The fourth-order valence-corrected chi connectivity index (χ4v) is 2.40. The molecule has 0 heterocycles. The van der Waals surface area contributed by atoms with Gasteiger partial charge in [-0.05, 0) is 35.4 Å². The van der Waals surface area contributed by atoms with E-state index in [4.69, 9.17) is 4.74 Å². The van der Waals surface area contributed by atoms with E-state index in [9.17, 15) is 10.2 Å². The summed E-state index contributed by atoms with van der Waals surface area (Å²) in [6.45, 7) is 0.156. The average Bonchev–Trinajstić information content (AvgIpc) is 2.62. The van der Waals surface area contributed by atoms with Crippen LogP contribution in [-0.4, -0.2) is 16.8 Å². The van der Waals surface area contributed by atoms with E-state index in [1.165, 1.54) is 0 Å². The Morgan fingerprint density at radius 2 is 1.48 bits per heavy atom. The molecule has 0 aliphatic carbocycles. The molecule has 1 atom stereocenters. The zero-order chi connectivity index (χ0) is 16.1. The van der Waals surface area contributed by atoms with Gasteiger partial charge >= 0.3 is 0 Å². The number of aliphatic hydroxyl groups excluding tert-OH is 1. The summed E-state index contributed by atoms with van der Waals surface area (Å²) in [7, 11) is 0. The Bertz CT molecular complexity index is 754. The zero-order valence-corrected chi connectivity index (χ0v) is 12.6. The van der Waals surface area contributed by atoms with E-state index in [0.717, 1.165) is 5.56 Å². The summed E-state index contributed by atoms with van der Waals surface area (Å²) in [4.78, 5) is 0. The maximum absolute atomic E-state index is 10.3. The third-order valence-electron chi connectivity index (χ3n) is 3.64. The monoisotopic (exact) mass is 306 g/mol. The Kier molecular flexibility index (Phi) is 4.60. The molecule has 0 amide bonds. The molecule has 0 saturated heterocycles. The van der Waals surface area contributed by atoms with Crippen molar-refractivity contribution in [3.8, 4) is 22.6 Å². The van der Waals surface area contributed by atoms with E-state index in [-0.39, 0.29) is 12.4 Å². The van der Waals surface area contributed by atoms with Gasteiger partial charge in [0.05, 0.1) is 0 Å². The van der Waals surface area contributed by atoms with Crippen molar-refractivity contribution >= 4 is 0 Å². The van der Waals surface area contributed by atoms with Gasteiger partial charge in [-0.2, -0.15) is 0 Å². The molecule has 0 aromatic heterocycles. The van der Waals surface area contributed by atoms with Gasteiger partial charge in [0.15, 0.2) is 0 Å². The Morgan fingerprint density at radius 1 is 0.826 bits per heavy atom. The van der Waals surface area contributed by atoms with E-state index in [0.29, 0.717) is 16.9 Å². The summed E-state index contributed by atoms with van der Waals surface area (Å²) in [5, 5.41) is 20.4. The second-order valence-corrected chi connectivity index (χ2v) is 5.28. The number of ether oxygens (including phenoxy) is 1. The molecule has 1 unspecified atom stereocenters. The van der Waals surface area contributed by atoms with Crippen LogP contribution in [0.2, 0.25) is 0 Å². The van der Waals surface area contributed by atoms with Gasteiger partial charge in [-0.3, -0.25) is 0 Å². The third-order valence-corrected chi connectivity index (χ3v) is 3.64.